The van der Waals surface area contributed by atoms with Crippen LogP contribution in [0.4, 0.5) is 5.69 Å². The van der Waals surface area contributed by atoms with Crippen molar-refractivity contribution in [2.45, 2.75) is 32.1 Å². The lowest BCUT2D eigenvalue weighted by Gasteiger charge is -2.17. The van der Waals surface area contributed by atoms with Gasteiger partial charge in [0.05, 0.1) is 0 Å². The summed E-state index contributed by atoms with van der Waals surface area (Å²) in [5, 5.41) is 2.89. The molecule has 1 aliphatic rings. The number of aryl methyl sites for hydroxylation is 2. The number of nitrogens with zero attached hydrogens (tertiary/aromatic N) is 1. The van der Waals surface area contributed by atoms with Gasteiger partial charge in [0.1, 0.15) is 0 Å². The molecule has 0 atom stereocenters. The molecule has 0 fully saturated rings. The molecule has 1 heterocycles. The van der Waals surface area contributed by atoms with E-state index in [9.17, 15) is 4.79 Å². The Morgan fingerprint density at radius 2 is 2.11 bits per heavy atom. The van der Waals surface area contributed by atoms with Crippen LogP contribution < -0.4 is 16.8 Å². The lowest BCUT2D eigenvalue weighted by atomic mass is 9.98. The molecule has 5 N–H and O–H groups in total. The number of guanidine groups is 1. The summed E-state index contributed by atoms with van der Waals surface area (Å²) in [6.07, 6.45) is 4.47. The summed E-state index contributed by atoms with van der Waals surface area (Å²) in [7, 11) is 0. The van der Waals surface area contributed by atoms with Crippen molar-refractivity contribution in [2.75, 3.05) is 11.9 Å². The lowest BCUT2D eigenvalue weighted by molar-refractivity contribution is -0.116. The van der Waals surface area contributed by atoms with Crippen LogP contribution in [0.15, 0.2) is 23.2 Å². The molecule has 0 spiro atoms. The van der Waals surface area contributed by atoms with Crippen LogP contribution >= 0.6 is 0 Å². The van der Waals surface area contributed by atoms with Crippen molar-refractivity contribution in [2.24, 2.45) is 16.5 Å². The van der Waals surface area contributed by atoms with Crippen molar-refractivity contribution in [3.8, 4) is 0 Å². The topological polar surface area (TPSA) is 93.5 Å². The van der Waals surface area contributed by atoms with E-state index in [1.54, 1.807) is 0 Å². The molecule has 0 aliphatic carbocycles. The van der Waals surface area contributed by atoms with E-state index in [0.717, 1.165) is 31.4 Å². The number of amides is 1. The van der Waals surface area contributed by atoms with Gasteiger partial charge in [0, 0.05) is 18.7 Å². The summed E-state index contributed by atoms with van der Waals surface area (Å²) in [6, 6.07) is 6.26. The zero-order valence-corrected chi connectivity index (χ0v) is 11.0. The Kier molecular flexibility index (Phi) is 4.39. The van der Waals surface area contributed by atoms with Gasteiger partial charge < -0.3 is 16.8 Å². The van der Waals surface area contributed by atoms with Gasteiger partial charge in [-0.2, -0.15) is 0 Å². The average Bonchev–Trinajstić information content (AvgIpc) is 2.38. The molecule has 2 rings (SSSR count). The molecule has 0 radical (unpaired) electrons. The maximum Gasteiger partial charge on any atom is 0.224 e. The number of anilines is 1. The molecule has 0 bridgehead atoms. The van der Waals surface area contributed by atoms with Crippen LogP contribution in [0.1, 0.15) is 30.4 Å². The van der Waals surface area contributed by atoms with E-state index in [1.165, 1.54) is 11.1 Å². The van der Waals surface area contributed by atoms with Gasteiger partial charge in [0.25, 0.3) is 0 Å². The fourth-order valence-corrected chi connectivity index (χ4v) is 2.24. The number of fused-ring (bicyclic) bond motifs is 1. The maximum absolute atomic E-state index is 11.3. The second-order valence-electron chi connectivity index (χ2n) is 4.80. The van der Waals surface area contributed by atoms with Gasteiger partial charge in [-0.25, -0.2) is 0 Å². The minimum absolute atomic E-state index is 0.109. The molecule has 0 aromatic heterocycles. The highest BCUT2D eigenvalue weighted by molar-refractivity contribution is 5.93. The highest BCUT2D eigenvalue weighted by atomic mass is 16.1. The number of unbranched alkanes of at least 4 members (excludes halogenated alkanes) is 1. The van der Waals surface area contributed by atoms with Crippen molar-refractivity contribution in [1.82, 2.24) is 0 Å². The van der Waals surface area contributed by atoms with Gasteiger partial charge >= 0.3 is 0 Å². The van der Waals surface area contributed by atoms with Gasteiger partial charge in [-0.1, -0.05) is 12.1 Å². The van der Waals surface area contributed by atoms with E-state index in [4.69, 9.17) is 11.5 Å². The third kappa shape index (κ3) is 3.98. The number of nitrogens with two attached hydrogens (primary N) is 2. The SMILES string of the molecule is NC(N)=NCCCCc1ccc2c(c1)CCC(=O)N2. The number of nitrogens with one attached hydrogen (secondary N) is 1. The first kappa shape index (κ1) is 13.4. The van der Waals surface area contributed by atoms with E-state index in [-0.39, 0.29) is 11.9 Å². The zero-order chi connectivity index (χ0) is 13.7. The number of rotatable bonds is 5. The van der Waals surface area contributed by atoms with Crippen LogP contribution in [0.2, 0.25) is 0 Å². The Bertz CT molecular complexity index is 492. The number of hydrogen-bond acceptors (Lipinski definition) is 2. The van der Waals surface area contributed by atoms with Gasteiger partial charge in [-0.3, -0.25) is 9.79 Å². The van der Waals surface area contributed by atoms with Crippen LogP contribution in [-0.4, -0.2) is 18.4 Å². The van der Waals surface area contributed by atoms with E-state index < -0.39 is 0 Å². The number of benzene rings is 1. The minimum atomic E-state index is 0.109. The van der Waals surface area contributed by atoms with Crippen molar-refractivity contribution in [3.05, 3.63) is 29.3 Å². The van der Waals surface area contributed by atoms with Crippen molar-refractivity contribution < 1.29 is 4.79 Å². The molecule has 1 aliphatic heterocycles. The third-order valence-electron chi connectivity index (χ3n) is 3.23. The molecule has 0 saturated carbocycles. The molecule has 1 aromatic rings. The molecule has 1 amide bonds. The van der Waals surface area contributed by atoms with Gasteiger partial charge in [0.2, 0.25) is 5.91 Å². The van der Waals surface area contributed by atoms with Crippen LogP contribution in [-0.2, 0) is 17.6 Å². The summed E-state index contributed by atoms with van der Waals surface area (Å²) in [6.45, 7) is 0.684. The smallest absolute Gasteiger partial charge is 0.224 e. The molecular formula is C14H20N4O. The van der Waals surface area contributed by atoms with Gasteiger partial charge in [-0.05, 0) is 42.9 Å². The fraction of sp³-hybridized carbons (Fsp3) is 0.429. The molecule has 5 nitrogen and oxygen atoms in total. The fourth-order valence-electron chi connectivity index (χ4n) is 2.24. The average molecular weight is 260 g/mol. The van der Waals surface area contributed by atoms with Crippen LogP contribution in [0.3, 0.4) is 0 Å². The predicted molar refractivity (Wildman–Crippen MR) is 77.0 cm³/mol. The van der Waals surface area contributed by atoms with E-state index >= 15 is 0 Å². The van der Waals surface area contributed by atoms with E-state index in [1.807, 2.05) is 6.07 Å². The van der Waals surface area contributed by atoms with Crippen molar-refractivity contribution in [1.29, 1.82) is 0 Å². The second kappa shape index (κ2) is 6.22. The summed E-state index contributed by atoms with van der Waals surface area (Å²) in [5.41, 5.74) is 14.0. The van der Waals surface area contributed by atoms with Crippen LogP contribution in [0.25, 0.3) is 0 Å². The number of carbonyl (C=O) groups excluding carboxylic acids is 1. The Labute approximate surface area is 113 Å². The Morgan fingerprint density at radius 3 is 2.89 bits per heavy atom. The minimum Gasteiger partial charge on any atom is -0.370 e. The number of hydrogen-bond donors (Lipinski definition) is 3. The normalized spacial score (nSPS) is 13.6. The summed E-state index contributed by atoms with van der Waals surface area (Å²) in [5.74, 6) is 0.266. The third-order valence-corrected chi connectivity index (χ3v) is 3.23. The van der Waals surface area contributed by atoms with Gasteiger partial charge in [-0.15, -0.1) is 0 Å². The number of carbonyl (C=O) groups is 1. The second-order valence-corrected chi connectivity index (χ2v) is 4.80. The number of aliphatic imine (C=N–C) groups is 1. The highest BCUT2D eigenvalue weighted by Crippen LogP contribution is 2.24. The monoisotopic (exact) mass is 260 g/mol. The first-order valence-electron chi connectivity index (χ1n) is 6.62. The Hall–Kier alpha value is -2.04. The zero-order valence-electron chi connectivity index (χ0n) is 11.0. The largest absolute Gasteiger partial charge is 0.370 e. The summed E-state index contributed by atoms with van der Waals surface area (Å²) in [4.78, 5) is 15.2. The van der Waals surface area contributed by atoms with Crippen LogP contribution in [0.5, 0.6) is 0 Å². The van der Waals surface area contributed by atoms with Crippen molar-refractivity contribution in [3.63, 3.8) is 0 Å². The maximum atomic E-state index is 11.3. The van der Waals surface area contributed by atoms with Crippen molar-refractivity contribution >= 4 is 17.6 Å². The standard InChI is InChI=1S/C14H20N4O/c15-14(16)17-8-2-1-3-10-4-6-12-11(9-10)5-7-13(19)18-12/h4,6,9H,1-3,5,7-8H2,(H,18,19)(H4,15,16,17). The Morgan fingerprint density at radius 1 is 1.26 bits per heavy atom. The summed E-state index contributed by atoms with van der Waals surface area (Å²) < 4.78 is 0. The molecular weight excluding hydrogens is 240 g/mol. The van der Waals surface area contributed by atoms with E-state index in [0.29, 0.717) is 13.0 Å². The highest BCUT2D eigenvalue weighted by Gasteiger charge is 2.14. The summed E-state index contributed by atoms with van der Waals surface area (Å²) >= 11 is 0. The first-order chi connectivity index (χ1) is 9.15. The van der Waals surface area contributed by atoms with Gasteiger partial charge in [0.15, 0.2) is 5.96 Å². The molecule has 19 heavy (non-hydrogen) atoms. The molecule has 102 valence electrons. The Balaban J connectivity index is 1.85. The molecule has 5 heteroatoms. The van der Waals surface area contributed by atoms with Crippen LogP contribution in [0, 0.1) is 0 Å². The molecule has 0 unspecified atom stereocenters. The molecule has 0 saturated heterocycles. The predicted octanol–water partition coefficient (Wildman–Crippen LogP) is 1.17. The first-order valence-corrected chi connectivity index (χ1v) is 6.62. The van der Waals surface area contributed by atoms with E-state index in [2.05, 4.69) is 22.4 Å². The molecule has 1 aromatic carbocycles. The quantitative estimate of drug-likeness (QED) is 0.421. The lowest BCUT2D eigenvalue weighted by Crippen LogP contribution is -2.22.